The molecule has 1 saturated carbocycles. The van der Waals surface area contributed by atoms with Crippen LogP contribution in [0.1, 0.15) is 6.42 Å². The molecule has 0 bridgehead atoms. The summed E-state index contributed by atoms with van der Waals surface area (Å²) >= 11 is 0. The first-order chi connectivity index (χ1) is 14.0. The predicted octanol–water partition coefficient (Wildman–Crippen LogP) is 2.39. The van der Waals surface area contributed by atoms with E-state index in [4.69, 9.17) is 9.47 Å². The van der Waals surface area contributed by atoms with Crippen molar-refractivity contribution in [3.8, 4) is 23.0 Å². The predicted molar refractivity (Wildman–Crippen MR) is 106 cm³/mol. The molecule has 3 aromatic rings. The Morgan fingerprint density at radius 1 is 1.24 bits per heavy atom. The average molecular weight is 400 g/mol. The number of nitrogens with zero attached hydrogens (tertiary/aromatic N) is 4. The van der Waals surface area contributed by atoms with E-state index in [1.54, 1.807) is 19.3 Å². The SMILES string of the molecule is CNc1nc(OC)c(-c2cc3cc(NC(=O)C4CC4F)ncc3n2C)c(OC)n1. The molecule has 152 valence electrons. The van der Waals surface area contributed by atoms with Gasteiger partial charge in [-0.15, -0.1) is 0 Å². The van der Waals surface area contributed by atoms with Crippen molar-refractivity contribution < 1.29 is 18.7 Å². The van der Waals surface area contributed by atoms with E-state index in [2.05, 4.69) is 25.6 Å². The van der Waals surface area contributed by atoms with Gasteiger partial charge in [0.2, 0.25) is 23.6 Å². The number of rotatable bonds is 6. The number of alkyl halides is 1. The third-order valence-electron chi connectivity index (χ3n) is 4.94. The quantitative estimate of drug-likeness (QED) is 0.655. The molecule has 1 aliphatic rings. The van der Waals surface area contributed by atoms with Gasteiger partial charge < -0.3 is 24.7 Å². The number of halogens is 1. The number of aromatic nitrogens is 4. The van der Waals surface area contributed by atoms with Crippen LogP contribution in [0.15, 0.2) is 18.3 Å². The number of amides is 1. The summed E-state index contributed by atoms with van der Waals surface area (Å²) in [6.45, 7) is 0. The van der Waals surface area contributed by atoms with Crippen molar-refractivity contribution in [2.45, 2.75) is 12.6 Å². The van der Waals surface area contributed by atoms with E-state index in [1.807, 2.05) is 17.7 Å². The second-order valence-electron chi connectivity index (χ2n) is 6.76. The lowest BCUT2D eigenvalue weighted by Gasteiger charge is -2.13. The zero-order valence-electron chi connectivity index (χ0n) is 16.5. The number of methoxy groups -OCH3 is 2. The van der Waals surface area contributed by atoms with Crippen molar-refractivity contribution in [3.05, 3.63) is 18.3 Å². The van der Waals surface area contributed by atoms with Gasteiger partial charge >= 0.3 is 0 Å². The summed E-state index contributed by atoms with van der Waals surface area (Å²) < 4.78 is 25.9. The maximum atomic E-state index is 13.1. The van der Waals surface area contributed by atoms with Crippen LogP contribution in [0.3, 0.4) is 0 Å². The number of pyridine rings is 1. The Labute approximate surface area is 166 Å². The molecule has 29 heavy (non-hydrogen) atoms. The van der Waals surface area contributed by atoms with E-state index in [1.165, 1.54) is 14.2 Å². The maximum absolute atomic E-state index is 13.1. The number of hydrogen-bond donors (Lipinski definition) is 2. The van der Waals surface area contributed by atoms with Gasteiger partial charge in [0.15, 0.2) is 0 Å². The van der Waals surface area contributed by atoms with Gasteiger partial charge in [-0.3, -0.25) is 4.79 Å². The van der Waals surface area contributed by atoms with Gasteiger partial charge in [-0.05, 0) is 18.6 Å². The summed E-state index contributed by atoms with van der Waals surface area (Å²) in [7, 11) is 6.64. The first kappa shape index (κ1) is 18.9. The largest absolute Gasteiger partial charge is 0.480 e. The lowest BCUT2D eigenvalue weighted by atomic mass is 10.2. The highest BCUT2D eigenvalue weighted by atomic mass is 19.1. The van der Waals surface area contributed by atoms with E-state index in [0.717, 1.165) is 16.6 Å². The maximum Gasteiger partial charge on any atom is 0.231 e. The van der Waals surface area contributed by atoms with Crippen LogP contribution in [0, 0.1) is 5.92 Å². The molecule has 2 atom stereocenters. The number of fused-ring (bicyclic) bond motifs is 1. The average Bonchev–Trinajstić information content (AvgIpc) is 3.38. The lowest BCUT2D eigenvalue weighted by molar-refractivity contribution is -0.117. The summed E-state index contributed by atoms with van der Waals surface area (Å²) in [5.74, 6) is 0.543. The summed E-state index contributed by atoms with van der Waals surface area (Å²) in [6.07, 6.45) is 0.865. The van der Waals surface area contributed by atoms with Gasteiger partial charge in [0.25, 0.3) is 0 Å². The smallest absolute Gasteiger partial charge is 0.231 e. The number of carbonyl (C=O) groups is 1. The molecule has 1 amide bonds. The molecule has 1 aliphatic carbocycles. The van der Waals surface area contributed by atoms with Crippen molar-refractivity contribution in [3.63, 3.8) is 0 Å². The second-order valence-corrected chi connectivity index (χ2v) is 6.76. The fraction of sp³-hybridized carbons (Fsp3) is 0.368. The molecular formula is C19H21FN6O3. The molecule has 4 rings (SSSR count). The zero-order valence-corrected chi connectivity index (χ0v) is 16.5. The summed E-state index contributed by atoms with van der Waals surface area (Å²) in [5, 5.41) is 6.38. The van der Waals surface area contributed by atoms with Crippen LogP contribution in [-0.4, -0.2) is 52.9 Å². The monoisotopic (exact) mass is 400 g/mol. The van der Waals surface area contributed by atoms with E-state index in [0.29, 0.717) is 29.1 Å². The highest BCUT2D eigenvalue weighted by Crippen LogP contribution is 2.39. The van der Waals surface area contributed by atoms with Gasteiger partial charge in [-0.1, -0.05) is 0 Å². The van der Waals surface area contributed by atoms with Crippen LogP contribution in [0.25, 0.3) is 22.2 Å². The first-order valence-corrected chi connectivity index (χ1v) is 9.05. The topological polar surface area (TPSA) is 103 Å². The van der Waals surface area contributed by atoms with Crippen LogP contribution < -0.4 is 20.1 Å². The third-order valence-corrected chi connectivity index (χ3v) is 4.94. The minimum absolute atomic E-state index is 0.270. The van der Waals surface area contributed by atoms with Crippen LogP contribution in [0.4, 0.5) is 16.2 Å². The van der Waals surface area contributed by atoms with Crippen LogP contribution in [-0.2, 0) is 11.8 Å². The van der Waals surface area contributed by atoms with Crippen molar-refractivity contribution in [1.29, 1.82) is 0 Å². The third kappa shape index (κ3) is 3.30. The fourth-order valence-electron chi connectivity index (χ4n) is 3.24. The molecule has 0 aliphatic heterocycles. The molecule has 2 N–H and O–H groups in total. The van der Waals surface area contributed by atoms with Crippen LogP contribution >= 0.6 is 0 Å². The molecule has 10 heteroatoms. The summed E-state index contributed by atoms with van der Waals surface area (Å²) in [4.78, 5) is 25.0. The highest BCUT2D eigenvalue weighted by Gasteiger charge is 2.43. The minimum Gasteiger partial charge on any atom is -0.480 e. The fourth-order valence-corrected chi connectivity index (χ4v) is 3.24. The standard InChI is InChI=1S/C19H21FN6O3/c1-21-19-24-17(28-3)15(18(25-19)29-4)12-5-9-6-14(22-8-13(9)26(12)2)23-16(27)10-7-11(10)20/h5-6,8,10-11H,7H2,1-4H3,(H,21,24,25)(H,22,23,27). The van der Waals surface area contributed by atoms with E-state index < -0.39 is 12.1 Å². The van der Waals surface area contributed by atoms with Crippen molar-refractivity contribution in [1.82, 2.24) is 19.5 Å². The molecule has 1 fully saturated rings. The van der Waals surface area contributed by atoms with Gasteiger partial charge in [0.05, 0.1) is 37.5 Å². The number of ether oxygens (including phenoxy) is 2. The molecule has 2 unspecified atom stereocenters. The molecule has 0 aromatic carbocycles. The highest BCUT2D eigenvalue weighted by molar-refractivity contribution is 5.96. The normalized spacial score (nSPS) is 17.8. The first-order valence-electron chi connectivity index (χ1n) is 9.05. The Balaban J connectivity index is 1.77. The van der Waals surface area contributed by atoms with E-state index in [-0.39, 0.29) is 12.3 Å². The van der Waals surface area contributed by atoms with Gasteiger partial charge in [-0.2, -0.15) is 9.97 Å². The second kappa shape index (κ2) is 7.19. The van der Waals surface area contributed by atoms with Crippen LogP contribution in [0.5, 0.6) is 11.8 Å². The number of nitrogens with one attached hydrogen (secondary N) is 2. The summed E-state index contributed by atoms with van der Waals surface area (Å²) in [6, 6.07) is 3.65. The summed E-state index contributed by atoms with van der Waals surface area (Å²) in [5.41, 5.74) is 2.18. The van der Waals surface area contributed by atoms with Crippen molar-refractivity contribution in [2.75, 3.05) is 31.9 Å². The Morgan fingerprint density at radius 3 is 2.45 bits per heavy atom. The van der Waals surface area contributed by atoms with Gasteiger partial charge in [-0.25, -0.2) is 9.37 Å². The molecule has 0 saturated heterocycles. The molecule has 3 aromatic heterocycles. The van der Waals surface area contributed by atoms with Crippen LogP contribution in [0.2, 0.25) is 0 Å². The van der Waals surface area contributed by atoms with Gasteiger partial charge in [0.1, 0.15) is 17.6 Å². The Bertz CT molecular complexity index is 1070. The van der Waals surface area contributed by atoms with Gasteiger partial charge in [0, 0.05) is 19.5 Å². The number of aryl methyl sites for hydroxylation is 1. The molecule has 9 nitrogen and oxygen atoms in total. The number of carbonyl (C=O) groups excluding carboxylic acids is 1. The molecule has 0 spiro atoms. The Hall–Kier alpha value is -3.43. The Kier molecular flexibility index (Phi) is 4.69. The van der Waals surface area contributed by atoms with E-state index in [9.17, 15) is 9.18 Å². The van der Waals surface area contributed by atoms with E-state index >= 15 is 0 Å². The number of anilines is 2. The van der Waals surface area contributed by atoms with Crippen molar-refractivity contribution in [2.24, 2.45) is 13.0 Å². The Morgan fingerprint density at radius 2 is 1.90 bits per heavy atom. The van der Waals surface area contributed by atoms with Crippen molar-refractivity contribution >= 4 is 28.6 Å². The lowest BCUT2D eigenvalue weighted by Crippen LogP contribution is -2.15. The molecule has 0 radical (unpaired) electrons. The molecular weight excluding hydrogens is 379 g/mol. The zero-order chi connectivity index (χ0) is 20.7. The minimum atomic E-state index is -1.05. The molecule has 3 heterocycles. The number of hydrogen-bond acceptors (Lipinski definition) is 7.